The number of rotatable bonds is 3. The topological polar surface area (TPSA) is 46.3 Å². The molecule has 1 aliphatic carbocycles. The molecule has 0 unspecified atom stereocenters. The van der Waals surface area contributed by atoms with E-state index >= 15 is 0 Å². The lowest BCUT2D eigenvalue weighted by Crippen LogP contribution is -2.43. The Kier molecular flexibility index (Phi) is 6.44. The summed E-state index contributed by atoms with van der Waals surface area (Å²) in [5.41, 5.74) is 6.05. The smallest absolute Gasteiger partial charge is 0.222 e. The van der Waals surface area contributed by atoms with E-state index in [4.69, 9.17) is 5.73 Å². The average Bonchev–Trinajstić information content (AvgIpc) is 2.38. The molecule has 0 aromatic heterocycles. The van der Waals surface area contributed by atoms with Crippen LogP contribution < -0.4 is 5.73 Å². The van der Waals surface area contributed by atoms with Gasteiger partial charge < -0.3 is 10.6 Å². The summed E-state index contributed by atoms with van der Waals surface area (Å²) >= 11 is 0. The molecule has 2 fully saturated rings. The molecule has 1 spiro atoms. The molecule has 1 saturated heterocycles. The zero-order chi connectivity index (χ0) is 12.1. The van der Waals surface area contributed by atoms with Gasteiger partial charge in [0, 0.05) is 19.5 Å². The van der Waals surface area contributed by atoms with E-state index in [2.05, 4.69) is 4.90 Å². The van der Waals surface area contributed by atoms with E-state index in [1.807, 2.05) is 0 Å². The molecule has 2 rings (SSSR count). The molecule has 0 aromatic rings. The van der Waals surface area contributed by atoms with Gasteiger partial charge in [-0.15, -0.1) is 12.4 Å². The first-order chi connectivity index (χ1) is 8.26. The van der Waals surface area contributed by atoms with Crippen LogP contribution in [-0.2, 0) is 4.79 Å². The Hall–Kier alpha value is -0.280. The first kappa shape index (κ1) is 15.8. The lowest BCUT2D eigenvalue weighted by atomic mass is 9.68. The zero-order valence-electron chi connectivity index (χ0n) is 11.3. The summed E-state index contributed by atoms with van der Waals surface area (Å²) in [5.74, 6) is 0.320. The van der Waals surface area contributed by atoms with Gasteiger partial charge in [-0.1, -0.05) is 19.3 Å². The van der Waals surface area contributed by atoms with Crippen LogP contribution in [0.3, 0.4) is 0 Å². The van der Waals surface area contributed by atoms with Gasteiger partial charge in [0.1, 0.15) is 0 Å². The fourth-order valence-electron chi connectivity index (χ4n) is 3.44. The van der Waals surface area contributed by atoms with Crippen molar-refractivity contribution in [1.29, 1.82) is 0 Å². The Balaban J connectivity index is 0.00000162. The minimum atomic E-state index is 0. The van der Waals surface area contributed by atoms with Gasteiger partial charge in [0.15, 0.2) is 0 Å². The molecular formula is C14H27ClN2O. The van der Waals surface area contributed by atoms with Crippen LogP contribution in [0.5, 0.6) is 0 Å². The highest BCUT2D eigenvalue weighted by Gasteiger charge is 2.36. The molecule has 0 bridgehead atoms. The number of piperidine rings is 1. The molecule has 2 N–H and O–H groups in total. The van der Waals surface area contributed by atoms with Crippen molar-refractivity contribution in [2.75, 3.05) is 19.6 Å². The predicted molar refractivity (Wildman–Crippen MR) is 76.9 cm³/mol. The molecule has 1 aliphatic heterocycles. The monoisotopic (exact) mass is 274 g/mol. The number of carbonyl (C=O) groups excluding carboxylic acids is 1. The Morgan fingerprint density at radius 3 is 2.22 bits per heavy atom. The number of nitrogens with zero attached hydrogens (tertiary/aromatic N) is 1. The Bertz CT molecular complexity index is 255. The third-order valence-corrected chi connectivity index (χ3v) is 4.69. The van der Waals surface area contributed by atoms with Gasteiger partial charge in [0.25, 0.3) is 0 Å². The Labute approximate surface area is 117 Å². The third-order valence-electron chi connectivity index (χ3n) is 4.69. The van der Waals surface area contributed by atoms with Crippen LogP contribution in [0, 0.1) is 5.41 Å². The third kappa shape index (κ3) is 3.86. The number of halogens is 1. The van der Waals surface area contributed by atoms with Crippen molar-refractivity contribution in [2.24, 2.45) is 11.1 Å². The van der Waals surface area contributed by atoms with Crippen LogP contribution in [0.15, 0.2) is 0 Å². The predicted octanol–water partition coefficient (Wildman–Crippen LogP) is 2.72. The molecule has 4 heteroatoms. The van der Waals surface area contributed by atoms with E-state index < -0.39 is 0 Å². The summed E-state index contributed by atoms with van der Waals surface area (Å²) in [7, 11) is 0. The van der Waals surface area contributed by atoms with Gasteiger partial charge in [-0.05, 0) is 44.1 Å². The molecule has 0 radical (unpaired) electrons. The fraction of sp³-hybridized carbons (Fsp3) is 0.929. The quantitative estimate of drug-likeness (QED) is 0.860. The second-order valence-electron chi connectivity index (χ2n) is 5.83. The van der Waals surface area contributed by atoms with Gasteiger partial charge in [0.2, 0.25) is 5.91 Å². The lowest BCUT2D eigenvalue weighted by molar-refractivity contribution is -0.134. The van der Waals surface area contributed by atoms with Crippen LogP contribution in [0.1, 0.15) is 57.8 Å². The van der Waals surface area contributed by atoms with Crippen molar-refractivity contribution in [3.05, 3.63) is 0 Å². The number of carbonyl (C=O) groups is 1. The molecule has 106 valence electrons. The van der Waals surface area contributed by atoms with Crippen molar-refractivity contribution in [1.82, 2.24) is 4.90 Å². The van der Waals surface area contributed by atoms with E-state index in [9.17, 15) is 4.79 Å². The van der Waals surface area contributed by atoms with Gasteiger partial charge in [-0.3, -0.25) is 4.79 Å². The normalized spacial score (nSPS) is 22.6. The number of likely N-dealkylation sites (tertiary alicyclic amines) is 1. The maximum Gasteiger partial charge on any atom is 0.222 e. The van der Waals surface area contributed by atoms with Crippen LogP contribution in [-0.4, -0.2) is 30.4 Å². The van der Waals surface area contributed by atoms with E-state index in [1.54, 1.807) is 0 Å². The molecule has 0 atom stereocenters. The molecule has 3 nitrogen and oxygen atoms in total. The molecule has 2 aliphatic rings. The Morgan fingerprint density at radius 1 is 1.06 bits per heavy atom. The van der Waals surface area contributed by atoms with Gasteiger partial charge in [-0.2, -0.15) is 0 Å². The highest BCUT2D eigenvalue weighted by atomic mass is 35.5. The summed E-state index contributed by atoms with van der Waals surface area (Å²) in [6.07, 6.45) is 11.0. The number of hydrogen-bond donors (Lipinski definition) is 1. The first-order valence-corrected chi connectivity index (χ1v) is 7.24. The minimum Gasteiger partial charge on any atom is -0.343 e. The van der Waals surface area contributed by atoms with Crippen molar-refractivity contribution >= 4 is 18.3 Å². The Morgan fingerprint density at radius 2 is 1.67 bits per heavy atom. The van der Waals surface area contributed by atoms with Crippen LogP contribution >= 0.6 is 12.4 Å². The SMILES string of the molecule is Cl.NCCCC(=O)N1CCC2(CCCCC2)CC1. The summed E-state index contributed by atoms with van der Waals surface area (Å²) in [6.45, 7) is 2.61. The maximum absolute atomic E-state index is 11.9. The van der Waals surface area contributed by atoms with Gasteiger partial charge in [0.05, 0.1) is 0 Å². The standard InChI is InChI=1S/C14H26N2O.ClH/c15-10-4-5-13(17)16-11-8-14(9-12-16)6-2-1-3-7-14;/h1-12,15H2;1H. The summed E-state index contributed by atoms with van der Waals surface area (Å²) < 4.78 is 0. The van der Waals surface area contributed by atoms with Crippen molar-refractivity contribution in [3.63, 3.8) is 0 Å². The van der Waals surface area contributed by atoms with Crippen molar-refractivity contribution in [2.45, 2.75) is 57.8 Å². The molecule has 18 heavy (non-hydrogen) atoms. The van der Waals surface area contributed by atoms with E-state index in [-0.39, 0.29) is 12.4 Å². The number of amides is 1. The van der Waals surface area contributed by atoms with E-state index in [0.717, 1.165) is 19.5 Å². The first-order valence-electron chi connectivity index (χ1n) is 7.24. The second kappa shape index (κ2) is 7.34. The summed E-state index contributed by atoms with van der Waals surface area (Å²) in [5, 5.41) is 0. The summed E-state index contributed by atoms with van der Waals surface area (Å²) in [6, 6.07) is 0. The molecular weight excluding hydrogens is 248 g/mol. The van der Waals surface area contributed by atoms with Crippen molar-refractivity contribution in [3.8, 4) is 0 Å². The molecule has 1 heterocycles. The van der Waals surface area contributed by atoms with Gasteiger partial charge in [-0.25, -0.2) is 0 Å². The minimum absolute atomic E-state index is 0. The van der Waals surface area contributed by atoms with Crippen LogP contribution in [0.25, 0.3) is 0 Å². The molecule has 1 saturated carbocycles. The largest absolute Gasteiger partial charge is 0.343 e. The lowest BCUT2D eigenvalue weighted by Gasteiger charge is -2.44. The fourth-order valence-corrected chi connectivity index (χ4v) is 3.44. The van der Waals surface area contributed by atoms with E-state index in [0.29, 0.717) is 24.3 Å². The maximum atomic E-state index is 11.9. The van der Waals surface area contributed by atoms with Gasteiger partial charge >= 0.3 is 0 Å². The zero-order valence-corrected chi connectivity index (χ0v) is 12.1. The summed E-state index contributed by atoms with van der Waals surface area (Å²) in [4.78, 5) is 14.0. The average molecular weight is 275 g/mol. The molecule has 0 aromatic carbocycles. The van der Waals surface area contributed by atoms with E-state index in [1.165, 1.54) is 44.9 Å². The highest BCUT2D eigenvalue weighted by molar-refractivity contribution is 5.85. The number of hydrogen-bond acceptors (Lipinski definition) is 2. The van der Waals surface area contributed by atoms with Crippen LogP contribution in [0.2, 0.25) is 0 Å². The second-order valence-corrected chi connectivity index (χ2v) is 5.83. The molecule has 1 amide bonds. The number of nitrogens with two attached hydrogens (primary N) is 1. The van der Waals surface area contributed by atoms with Crippen LogP contribution in [0.4, 0.5) is 0 Å². The highest BCUT2D eigenvalue weighted by Crippen LogP contribution is 2.44. The van der Waals surface area contributed by atoms with Crippen molar-refractivity contribution < 1.29 is 4.79 Å².